The summed E-state index contributed by atoms with van der Waals surface area (Å²) in [5.74, 6) is 1.00. The largest absolute Gasteiger partial charge is 0.361 e. The summed E-state index contributed by atoms with van der Waals surface area (Å²) in [4.78, 5) is 25.7. The minimum Gasteiger partial charge on any atom is -0.361 e. The van der Waals surface area contributed by atoms with E-state index in [4.69, 9.17) is 0 Å². The van der Waals surface area contributed by atoms with E-state index >= 15 is 0 Å². The number of anilines is 1. The van der Waals surface area contributed by atoms with Crippen LogP contribution in [0.25, 0.3) is 0 Å². The summed E-state index contributed by atoms with van der Waals surface area (Å²) in [6, 6.07) is 0.0337. The monoisotopic (exact) mass is 342 g/mol. The molecule has 7 heteroatoms. The topological polar surface area (TPSA) is 78.0 Å². The van der Waals surface area contributed by atoms with Crippen LogP contribution in [0.15, 0.2) is 12.4 Å². The number of aromatic amines is 1. The third-order valence-electron chi connectivity index (χ3n) is 4.88. The van der Waals surface area contributed by atoms with Crippen molar-refractivity contribution in [1.82, 2.24) is 25.1 Å². The number of aromatic nitrogens is 4. The lowest BCUT2D eigenvalue weighted by atomic mass is 10.1. The first-order valence-electron chi connectivity index (χ1n) is 8.76. The van der Waals surface area contributed by atoms with Gasteiger partial charge in [-0.3, -0.25) is 14.9 Å². The number of hydrogen-bond donors (Lipinski definition) is 1. The predicted octanol–water partition coefficient (Wildman–Crippen LogP) is 2.18. The third kappa shape index (κ3) is 3.65. The molecule has 1 saturated heterocycles. The highest BCUT2D eigenvalue weighted by molar-refractivity contribution is 5.77. The smallest absolute Gasteiger partial charge is 0.223 e. The number of aryl methyl sites for hydroxylation is 2. The molecule has 0 radical (unpaired) electrons. The number of nitrogens with one attached hydrogen (secondary N) is 1. The van der Waals surface area contributed by atoms with Crippen molar-refractivity contribution in [3.05, 3.63) is 35.0 Å². The molecule has 3 heterocycles. The molecular weight excluding hydrogens is 316 g/mol. The first-order valence-corrected chi connectivity index (χ1v) is 8.76. The molecule has 0 spiro atoms. The highest BCUT2D eigenvalue weighted by atomic mass is 16.2. The lowest BCUT2D eigenvalue weighted by Crippen LogP contribution is -2.31. The second kappa shape index (κ2) is 7.21. The van der Waals surface area contributed by atoms with E-state index < -0.39 is 0 Å². The highest BCUT2D eigenvalue weighted by Gasteiger charge is 2.31. The number of nitrogens with zero attached hydrogens (tertiary/aromatic N) is 5. The summed E-state index contributed by atoms with van der Waals surface area (Å²) in [6.45, 7) is 4.77. The van der Waals surface area contributed by atoms with Gasteiger partial charge in [-0.25, -0.2) is 4.98 Å². The van der Waals surface area contributed by atoms with Crippen molar-refractivity contribution >= 4 is 11.7 Å². The molecule has 7 nitrogen and oxygen atoms in total. The van der Waals surface area contributed by atoms with Gasteiger partial charge in [0.15, 0.2) is 0 Å². The molecule has 1 aliphatic rings. The van der Waals surface area contributed by atoms with Crippen molar-refractivity contribution < 1.29 is 4.79 Å². The van der Waals surface area contributed by atoms with Crippen LogP contribution >= 0.6 is 0 Å². The van der Waals surface area contributed by atoms with Crippen LogP contribution in [0.3, 0.4) is 0 Å². The maximum Gasteiger partial charge on any atom is 0.223 e. The van der Waals surface area contributed by atoms with Gasteiger partial charge in [-0.1, -0.05) is 0 Å². The van der Waals surface area contributed by atoms with E-state index in [0.717, 1.165) is 54.3 Å². The minimum atomic E-state index is 0.0337. The fourth-order valence-corrected chi connectivity index (χ4v) is 3.44. The molecule has 1 amide bonds. The van der Waals surface area contributed by atoms with Crippen LogP contribution in [0.1, 0.15) is 47.9 Å². The van der Waals surface area contributed by atoms with Crippen molar-refractivity contribution in [1.29, 1.82) is 0 Å². The van der Waals surface area contributed by atoms with E-state index in [2.05, 4.69) is 20.2 Å². The molecule has 0 saturated carbocycles. The molecule has 0 bridgehead atoms. The maximum absolute atomic E-state index is 12.8. The van der Waals surface area contributed by atoms with Gasteiger partial charge in [-0.05, 0) is 38.7 Å². The van der Waals surface area contributed by atoms with Gasteiger partial charge in [0.1, 0.15) is 5.82 Å². The van der Waals surface area contributed by atoms with Crippen molar-refractivity contribution in [2.75, 3.05) is 25.5 Å². The summed E-state index contributed by atoms with van der Waals surface area (Å²) >= 11 is 0. The Labute approximate surface area is 148 Å². The summed E-state index contributed by atoms with van der Waals surface area (Å²) in [5, 5.41) is 7.19. The van der Waals surface area contributed by atoms with E-state index in [1.165, 1.54) is 0 Å². The zero-order valence-corrected chi connectivity index (χ0v) is 15.4. The Bertz CT molecular complexity index is 734. The molecule has 0 aliphatic carbocycles. The minimum absolute atomic E-state index is 0.0337. The molecule has 1 fully saturated rings. The highest BCUT2D eigenvalue weighted by Crippen LogP contribution is 2.32. The number of carbonyl (C=O) groups is 1. The van der Waals surface area contributed by atoms with Gasteiger partial charge in [0.2, 0.25) is 5.91 Å². The molecular formula is C18H26N6O. The van der Waals surface area contributed by atoms with Gasteiger partial charge in [0, 0.05) is 32.8 Å². The molecule has 25 heavy (non-hydrogen) atoms. The van der Waals surface area contributed by atoms with E-state index in [1.807, 2.05) is 37.7 Å². The van der Waals surface area contributed by atoms with Crippen LogP contribution in [0.5, 0.6) is 0 Å². The Kier molecular flexibility index (Phi) is 5.01. The van der Waals surface area contributed by atoms with Crippen LogP contribution in [0, 0.1) is 13.8 Å². The standard InChI is InChI=1S/C18H26N6O/c1-12-14(13(2)22-21-12)7-8-18(25)24-9-5-6-16(24)15-10-19-11-17(20-15)23(3)4/h10-11,16H,5-9H2,1-4H3,(H,21,22). The molecule has 1 unspecified atom stereocenters. The Morgan fingerprint density at radius 1 is 1.36 bits per heavy atom. The Hall–Kier alpha value is -2.44. The van der Waals surface area contributed by atoms with Crippen LogP contribution in [-0.4, -0.2) is 51.6 Å². The molecule has 2 aromatic heterocycles. The van der Waals surface area contributed by atoms with Gasteiger partial charge < -0.3 is 9.80 Å². The second-order valence-electron chi connectivity index (χ2n) is 6.85. The number of hydrogen-bond acceptors (Lipinski definition) is 5. The fraction of sp³-hybridized carbons (Fsp3) is 0.556. The van der Waals surface area contributed by atoms with E-state index in [0.29, 0.717) is 6.42 Å². The number of carbonyl (C=O) groups excluding carboxylic acids is 1. The van der Waals surface area contributed by atoms with Crippen LogP contribution in [0.2, 0.25) is 0 Å². The Balaban J connectivity index is 1.71. The van der Waals surface area contributed by atoms with Crippen molar-refractivity contribution in [3.63, 3.8) is 0 Å². The zero-order chi connectivity index (χ0) is 18.0. The predicted molar refractivity (Wildman–Crippen MR) is 96.4 cm³/mol. The van der Waals surface area contributed by atoms with E-state index in [9.17, 15) is 4.79 Å². The first kappa shape index (κ1) is 17.4. The maximum atomic E-state index is 12.8. The molecule has 1 N–H and O–H groups in total. The van der Waals surface area contributed by atoms with Gasteiger partial charge in [-0.15, -0.1) is 0 Å². The third-order valence-corrected chi connectivity index (χ3v) is 4.88. The molecule has 134 valence electrons. The van der Waals surface area contributed by atoms with E-state index in [-0.39, 0.29) is 11.9 Å². The lowest BCUT2D eigenvalue weighted by Gasteiger charge is -2.25. The van der Waals surface area contributed by atoms with E-state index in [1.54, 1.807) is 12.4 Å². The first-order chi connectivity index (χ1) is 12.0. The summed E-state index contributed by atoms with van der Waals surface area (Å²) in [7, 11) is 3.89. The number of H-pyrrole nitrogens is 1. The van der Waals surface area contributed by atoms with Gasteiger partial charge in [0.25, 0.3) is 0 Å². The SMILES string of the molecule is Cc1n[nH]c(C)c1CCC(=O)N1CCCC1c1cncc(N(C)C)n1. The summed E-state index contributed by atoms with van der Waals surface area (Å²) in [5.41, 5.74) is 4.06. The van der Waals surface area contributed by atoms with Crippen molar-refractivity contribution in [2.24, 2.45) is 0 Å². The number of likely N-dealkylation sites (tertiary alicyclic amines) is 1. The Morgan fingerprint density at radius 3 is 2.84 bits per heavy atom. The van der Waals surface area contributed by atoms with Gasteiger partial charge in [0.05, 0.1) is 29.8 Å². The molecule has 2 aromatic rings. The van der Waals surface area contributed by atoms with Gasteiger partial charge >= 0.3 is 0 Å². The second-order valence-corrected chi connectivity index (χ2v) is 6.85. The zero-order valence-electron chi connectivity index (χ0n) is 15.4. The van der Waals surface area contributed by atoms with Gasteiger partial charge in [-0.2, -0.15) is 5.10 Å². The average Bonchev–Trinajstić information content (AvgIpc) is 3.20. The average molecular weight is 342 g/mol. The van der Waals surface area contributed by atoms with Crippen molar-refractivity contribution in [3.8, 4) is 0 Å². The molecule has 1 aliphatic heterocycles. The van der Waals surface area contributed by atoms with Crippen LogP contribution in [-0.2, 0) is 11.2 Å². The molecule has 0 aromatic carbocycles. The molecule has 1 atom stereocenters. The van der Waals surface area contributed by atoms with Crippen molar-refractivity contribution in [2.45, 2.75) is 45.6 Å². The number of amides is 1. The van der Waals surface area contributed by atoms with Crippen LogP contribution in [0.4, 0.5) is 5.82 Å². The van der Waals surface area contributed by atoms with Crippen LogP contribution < -0.4 is 4.90 Å². The fourth-order valence-electron chi connectivity index (χ4n) is 3.44. The normalized spacial score (nSPS) is 17.1. The summed E-state index contributed by atoms with van der Waals surface area (Å²) in [6.07, 6.45) is 6.70. The lowest BCUT2D eigenvalue weighted by molar-refractivity contribution is -0.132. The Morgan fingerprint density at radius 2 is 2.16 bits per heavy atom. The summed E-state index contributed by atoms with van der Waals surface area (Å²) < 4.78 is 0. The number of rotatable bonds is 5. The quantitative estimate of drug-likeness (QED) is 0.901. The molecule has 3 rings (SSSR count).